The van der Waals surface area contributed by atoms with Gasteiger partial charge in [0, 0.05) is 24.7 Å². The molecule has 0 saturated carbocycles. The highest BCUT2D eigenvalue weighted by Gasteiger charge is 2.37. The standard InChI is InChI=1S/C22H24N2O6/c1-14-5-4-6-16(9-14)23-20(25)13-30-22(27)15-10-21(26)24(12-15)18-8-7-17(28-2)11-19(18)29-3/h4-9,11,15H,10,12-13H2,1-3H3,(H,23,25)/t15-/m0/s1. The van der Waals surface area contributed by atoms with Gasteiger partial charge in [-0.25, -0.2) is 0 Å². The Hall–Kier alpha value is -3.55. The third kappa shape index (κ3) is 4.89. The summed E-state index contributed by atoms with van der Waals surface area (Å²) in [4.78, 5) is 38.4. The Labute approximate surface area is 174 Å². The lowest BCUT2D eigenvalue weighted by molar-refractivity contribution is -0.151. The van der Waals surface area contributed by atoms with Gasteiger partial charge in [0.25, 0.3) is 5.91 Å². The lowest BCUT2D eigenvalue weighted by atomic mass is 10.1. The summed E-state index contributed by atoms with van der Waals surface area (Å²) in [7, 11) is 3.04. The second-order valence-electron chi connectivity index (χ2n) is 6.97. The van der Waals surface area contributed by atoms with Crippen molar-refractivity contribution in [1.82, 2.24) is 0 Å². The molecular formula is C22H24N2O6. The van der Waals surface area contributed by atoms with E-state index in [1.54, 1.807) is 24.3 Å². The van der Waals surface area contributed by atoms with Crippen molar-refractivity contribution in [2.75, 3.05) is 37.6 Å². The van der Waals surface area contributed by atoms with Gasteiger partial charge in [-0.15, -0.1) is 0 Å². The molecule has 1 aliphatic heterocycles. The number of rotatable bonds is 7. The number of ether oxygens (including phenoxy) is 3. The summed E-state index contributed by atoms with van der Waals surface area (Å²) in [6.07, 6.45) is 0.00746. The molecule has 2 aromatic rings. The normalized spacial score (nSPS) is 15.6. The molecule has 3 rings (SSSR count). The van der Waals surface area contributed by atoms with Crippen molar-refractivity contribution >= 4 is 29.2 Å². The van der Waals surface area contributed by atoms with Crippen LogP contribution in [0.5, 0.6) is 11.5 Å². The molecule has 1 aliphatic rings. The maximum Gasteiger partial charge on any atom is 0.311 e. The number of nitrogens with zero attached hydrogens (tertiary/aromatic N) is 1. The van der Waals surface area contributed by atoms with Crippen LogP contribution in [0, 0.1) is 12.8 Å². The number of methoxy groups -OCH3 is 2. The maximum atomic E-state index is 12.5. The highest BCUT2D eigenvalue weighted by Crippen LogP contribution is 2.36. The van der Waals surface area contributed by atoms with Crippen LogP contribution in [0.25, 0.3) is 0 Å². The number of amides is 2. The van der Waals surface area contributed by atoms with Crippen LogP contribution in [0.2, 0.25) is 0 Å². The average Bonchev–Trinajstić information content (AvgIpc) is 3.13. The van der Waals surface area contributed by atoms with Gasteiger partial charge < -0.3 is 24.4 Å². The first kappa shape index (κ1) is 21.2. The van der Waals surface area contributed by atoms with E-state index >= 15 is 0 Å². The van der Waals surface area contributed by atoms with Crippen LogP contribution in [-0.2, 0) is 19.1 Å². The zero-order valence-corrected chi connectivity index (χ0v) is 17.1. The molecule has 2 aromatic carbocycles. The molecule has 0 unspecified atom stereocenters. The molecule has 8 nitrogen and oxygen atoms in total. The van der Waals surface area contributed by atoms with E-state index in [0.29, 0.717) is 22.9 Å². The van der Waals surface area contributed by atoms with E-state index in [4.69, 9.17) is 14.2 Å². The van der Waals surface area contributed by atoms with Crippen LogP contribution in [0.4, 0.5) is 11.4 Å². The summed E-state index contributed by atoms with van der Waals surface area (Å²) in [6.45, 7) is 1.65. The zero-order chi connectivity index (χ0) is 21.7. The van der Waals surface area contributed by atoms with Gasteiger partial charge in [0.1, 0.15) is 11.5 Å². The summed E-state index contributed by atoms with van der Waals surface area (Å²) in [6, 6.07) is 12.4. The van der Waals surface area contributed by atoms with Gasteiger partial charge in [0.2, 0.25) is 5.91 Å². The summed E-state index contributed by atoms with van der Waals surface area (Å²) < 4.78 is 15.6. The lowest BCUT2D eigenvalue weighted by Gasteiger charge is -2.20. The molecule has 1 fully saturated rings. The molecule has 2 amide bonds. The van der Waals surface area contributed by atoms with Crippen molar-refractivity contribution < 1.29 is 28.6 Å². The largest absolute Gasteiger partial charge is 0.497 e. The van der Waals surface area contributed by atoms with Gasteiger partial charge in [0.05, 0.1) is 25.8 Å². The van der Waals surface area contributed by atoms with E-state index in [9.17, 15) is 14.4 Å². The number of esters is 1. The SMILES string of the molecule is COc1ccc(N2C[C@@H](C(=O)OCC(=O)Nc3cccc(C)c3)CC2=O)c(OC)c1. The highest BCUT2D eigenvalue weighted by molar-refractivity contribution is 6.01. The van der Waals surface area contributed by atoms with Crippen molar-refractivity contribution in [3.05, 3.63) is 48.0 Å². The molecule has 0 aromatic heterocycles. The van der Waals surface area contributed by atoms with Crippen LogP contribution in [0.3, 0.4) is 0 Å². The molecule has 30 heavy (non-hydrogen) atoms. The Balaban J connectivity index is 1.58. The van der Waals surface area contributed by atoms with E-state index < -0.39 is 24.4 Å². The molecule has 0 spiro atoms. The van der Waals surface area contributed by atoms with Crippen LogP contribution < -0.4 is 19.7 Å². The van der Waals surface area contributed by atoms with E-state index in [0.717, 1.165) is 5.56 Å². The summed E-state index contributed by atoms with van der Waals surface area (Å²) in [5, 5.41) is 2.68. The fourth-order valence-electron chi connectivity index (χ4n) is 3.28. The third-order valence-corrected chi connectivity index (χ3v) is 4.78. The Morgan fingerprint density at radius 3 is 2.63 bits per heavy atom. The summed E-state index contributed by atoms with van der Waals surface area (Å²) in [5.41, 5.74) is 2.18. The Kier molecular flexibility index (Phi) is 6.56. The number of anilines is 2. The van der Waals surface area contributed by atoms with Crippen LogP contribution in [0.1, 0.15) is 12.0 Å². The minimum Gasteiger partial charge on any atom is -0.497 e. The van der Waals surface area contributed by atoms with Crippen molar-refractivity contribution in [2.45, 2.75) is 13.3 Å². The van der Waals surface area contributed by atoms with E-state index in [2.05, 4.69) is 5.32 Å². The molecular weight excluding hydrogens is 388 g/mol. The fourth-order valence-corrected chi connectivity index (χ4v) is 3.28. The van der Waals surface area contributed by atoms with Crippen molar-refractivity contribution in [3.8, 4) is 11.5 Å². The predicted octanol–water partition coefficient (Wildman–Crippen LogP) is 2.55. The number of aryl methyl sites for hydroxylation is 1. The van der Waals surface area contributed by atoms with Crippen LogP contribution in [0.15, 0.2) is 42.5 Å². The maximum absolute atomic E-state index is 12.5. The first-order chi connectivity index (χ1) is 14.4. The first-order valence-corrected chi connectivity index (χ1v) is 9.47. The Bertz CT molecular complexity index is 958. The van der Waals surface area contributed by atoms with E-state index in [1.807, 2.05) is 25.1 Å². The minimum absolute atomic E-state index is 0.00746. The Morgan fingerprint density at radius 1 is 1.13 bits per heavy atom. The average molecular weight is 412 g/mol. The minimum atomic E-state index is -0.656. The number of carbonyl (C=O) groups is 3. The topological polar surface area (TPSA) is 94.2 Å². The second kappa shape index (κ2) is 9.30. The number of hydrogen-bond acceptors (Lipinski definition) is 6. The molecule has 1 atom stereocenters. The van der Waals surface area contributed by atoms with Crippen molar-refractivity contribution in [1.29, 1.82) is 0 Å². The molecule has 158 valence electrons. The second-order valence-corrected chi connectivity index (χ2v) is 6.97. The summed E-state index contributed by atoms with van der Waals surface area (Å²) >= 11 is 0. The van der Waals surface area contributed by atoms with Gasteiger partial charge in [-0.2, -0.15) is 0 Å². The molecule has 8 heteroatoms. The first-order valence-electron chi connectivity index (χ1n) is 9.47. The monoisotopic (exact) mass is 412 g/mol. The number of benzene rings is 2. The molecule has 1 saturated heterocycles. The molecule has 1 heterocycles. The Morgan fingerprint density at radius 2 is 1.93 bits per heavy atom. The van der Waals surface area contributed by atoms with Crippen molar-refractivity contribution in [2.24, 2.45) is 5.92 Å². The van der Waals surface area contributed by atoms with Gasteiger partial charge >= 0.3 is 5.97 Å². The number of nitrogens with one attached hydrogen (secondary N) is 1. The third-order valence-electron chi connectivity index (χ3n) is 4.78. The predicted molar refractivity (Wildman–Crippen MR) is 111 cm³/mol. The molecule has 1 N–H and O–H groups in total. The van der Waals surface area contributed by atoms with Gasteiger partial charge in [0.15, 0.2) is 6.61 Å². The van der Waals surface area contributed by atoms with Gasteiger partial charge in [-0.05, 0) is 36.8 Å². The number of carbonyl (C=O) groups excluding carboxylic acids is 3. The fraction of sp³-hybridized carbons (Fsp3) is 0.318. The highest BCUT2D eigenvalue weighted by atomic mass is 16.5. The van der Waals surface area contributed by atoms with E-state index in [-0.39, 0.29) is 18.9 Å². The van der Waals surface area contributed by atoms with Crippen molar-refractivity contribution in [3.63, 3.8) is 0 Å². The zero-order valence-electron chi connectivity index (χ0n) is 17.1. The molecule has 0 bridgehead atoms. The van der Waals surface area contributed by atoms with Gasteiger partial charge in [-0.1, -0.05) is 12.1 Å². The molecule has 0 aliphatic carbocycles. The quantitative estimate of drug-likeness (QED) is 0.703. The smallest absolute Gasteiger partial charge is 0.311 e. The van der Waals surface area contributed by atoms with E-state index in [1.165, 1.54) is 19.1 Å². The lowest BCUT2D eigenvalue weighted by Crippen LogP contribution is -2.28. The summed E-state index contributed by atoms with van der Waals surface area (Å²) in [5.74, 6) is -0.836. The molecule has 0 radical (unpaired) electrons. The number of hydrogen-bond donors (Lipinski definition) is 1. The van der Waals surface area contributed by atoms with Crippen LogP contribution >= 0.6 is 0 Å². The van der Waals surface area contributed by atoms with Gasteiger partial charge in [-0.3, -0.25) is 14.4 Å². The van der Waals surface area contributed by atoms with Crippen LogP contribution in [-0.4, -0.2) is 45.2 Å².